The molecule has 0 bridgehead atoms. The van der Waals surface area contributed by atoms with Crippen LogP contribution >= 0.6 is 23.1 Å². The van der Waals surface area contributed by atoms with Crippen molar-refractivity contribution in [3.05, 3.63) is 46.5 Å². The van der Waals surface area contributed by atoms with Crippen molar-refractivity contribution in [2.75, 3.05) is 17.7 Å². The standard InChI is InChI=1S/C21H23N3O3S2/c1-4-14-9-15-8-13(3)6-7-17(15)23-20(14)28-12-18(25)24-21-22-16(11-29-21)10-19(26)27-5-2/h6-9,11H,4-5,10,12H2,1-3H3,(H,22,24,25). The lowest BCUT2D eigenvalue weighted by Crippen LogP contribution is -2.14. The van der Waals surface area contributed by atoms with Gasteiger partial charge in [-0.25, -0.2) is 9.97 Å². The maximum atomic E-state index is 12.3. The lowest BCUT2D eigenvalue weighted by molar-refractivity contribution is -0.142. The van der Waals surface area contributed by atoms with Crippen molar-refractivity contribution in [1.82, 2.24) is 9.97 Å². The number of amides is 1. The van der Waals surface area contributed by atoms with E-state index < -0.39 is 0 Å². The topological polar surface area (TPSA) is 81.2 Å². The van der Waals surface area contributed by atoms with Gasteiger partial charge in [0.2, 0.25) is 5.91 Å². The van der Waals surface area contributed by atoms with Crippen molar-refractivity contribution >= 4 is 51.0 Å². The number of nitrogens with one attached hydrogen (secondary N) is 1. The zero-order valence-corrected chi connectivity index (χ0v) is 18.3. The minimum absolute atomic E-state index is 0.106. The third-order valence-electron chi connectivity index (χ3n) is 4.16. The zero-order chi connectivity index (χ0) is 20.8. The molecule has 0 saturated heterocycles. The van der Waals surface area contributed by atoms with Gasteiger partial charge in [-0.15, -0.1) is 11.3 Å². The second-order valence-electron chi connectivity index (χ2n) is 6.47. The van der Waals surface area contributed by atoms with Gasteiger partial charge in [0.05, 0.1) is 30.0 Å². The second-order valence-corrected chi connectivity index (χ2v) is 8.29. The summed E-state index contributed by atoms with van der Waals surface area (Å²) in [6, 6.07) is 8.32. The smallest absolute Gasteiger partial charge is 0.311 e. The number of rotatable bonds is 8. The summed E-state index contributed by atoms with van der Waals surface area (Å²) in [7, 11) is 0. The highest BCUT2D eigenvalue weighted by atomic mass is 32.2. The van der Waals surface area contributed by atoms with E-state index in [0.29, 0.717) is 17.4 Å². The highest BCUT2D eigenvalue weighted by Crippen LogP contribution is 2.26. The fourth-order valence-electron chi connectivity index (χ4n) is 2.80. The summed E-state index contributed by atoms with van der Waals surface area (Å²) in [4.78, 5) is 32.9. The van der Waals surface area contributed by atoms with Crippen LogP contribution < -0.4 is 5.32 Å². The fourth-order valence-corrected chi connectivity index (χ4v) is 4.41. The van der Waals surface area contributed by atoms with Gasteiger partial charge in [-0.05, 0) is 44.0 Å². The van der Waals surface area contributed by atoms with Gasteiger partial charge in [0.25, 0.3) is 0 Å². The van der Waals surface area contributed by atoms with Crippen molar-refractivity contribution in [1.29, 1.82) is 0 Å². The van der Waals surface area contributed by atoms with Crippen molar-refractivity contribution < 1.29 is 14.3 Å². The molecule has 1 amide bonds. The number of thioether (sulfide) groups is 1. The monoisotopic (exact) mass is 429 g/mol. The maximum Gasteiger partial charge on any atom is 0.311 e. The van der Waals surface area contributed by atoms with Crippen LogP contribution in [0.5, 0.6) is 0 Å². The molecule has 0 aliphatic rings. The molecule has 8 heteroatoms. The summed E-state index contributed by atoms with van der Waals surface area (Å²) >= 11 is 2.72. The van der Waals surface area contributed by atoms with Gasteiger partial charge in [-0.1, -0.05) is 30.3 Å². The minimum atomic E-state index is -0.323. The molecule has 3 aromatic rings. The SMILES string of the molecule is CCOC(=O)Cc1csc(NC(=O)CSc2nc3ccc(C)cc3cc2CC)n1. The summed E-state index contributed by atoms with van der Waals surface area (Å²) in [6.45, 7) is 6.25. The van der Waals surface area contributed by atoms with E-state index in [0.717, 1.165) is 27.9 Å². The number of carbonyl (C=O) groups excluding carboxylic acids is 2. The van der Waals surface area contributed by atoms with Crippen LogP contribution in [0.1, 0.15) is 30.7 Å². The number of aryl methyl sites for hydroxylation is 2. The molecule has 0 fully saturated rings. The van der Waals surface area contributed by atoms with E-state index in [-0.39, 0.29) is 24.1 Å². The first-order chi connectivity index (χ1) is 14.0. The molecule has 2 heterocycles. The lowest BCUT2D eigenvalue weighted by Gasteiger charge is -2.09. The second kappa shape index (κ2) is 9.84. The van der Waals surface area contributed by atoms with E-state index in [9.17, 15) is 9.59 Å². The Morgan fingerprint density at radius 3 is 2.79 bits per heavy atom. The van der Waals surface area contributed by atoms with Gasteiger partial charge < -0.3 is 10.1 Å². The summed E-state index contributed by atoms with van der Waals surface area (Å²) < 4.78 is 4.91. The number of hydrogen-bond acceptors (Lipinski definition) is 7. The van der Waals surface area contributed by atoms with Crippen molar-refractivity contribution in [2.24, 2.45) is 0 Å². The highest BCUT2D eigenvalue weighted by Gasteiger charge is 2.13. The van der Waals surface area contributed by atoms with Crippen LogP contribution in [0.3, 0.4) is 0 Å². The van der Waals surface area contributed by atoms with Crippen LogP contribution in [0.25, 0.3) is 10.9 Å². The van der Waals surface area contributed by atoms with E-state index in [1.165, 1.54) is 28.7 Å². The fraction of sp³-hybridized carbons (Fsp3) is 0.333. The quantitative estimate of drug-likeness (QED) is 0.422. The number of thiazole rings is 1. The predicted molar refractivity (Wildman–Crippen MR) is 118 cm³/mol. The number of benzene rings is 1. The summed E-state index contributed by atoms with van der Waals surface area (Å²) in [6.07, 6.45) is 0.958. The number of ether oxygens (including phenoxy) is 1. The third-order valence-corrected chi connectivity index (χ3v) is 6.00. The number of nitrogens with zero attached hydrogens (tertiary/aromatic N) is 2. The van der Waals surface area contributed by atoms with Crippen LogP contribution in [0, 0.1) is 6.92 Å². The Balaban J connectivity index is 1.61. The van der Waals surface area contributed by atoms with E-state index in [1.807, 2.05) is 12.1 Å². The number of esters is 1. The Morgan fingerprint density at radius 1 is 1.21 bits per heavy atom. The van der Waals surface area contributed by atoms with Gasteiger partial charge in [0.1, 0.15) is 5.03 Å². The van der Waals surface area contributed by atoms with E-state index in [2.05, 4.69) is 36.3 Å². The van der Waals surface area contributed by atoms with Gasteiger partial charge in [0, 0.05) is 10.8 Å². The van der Waals surface area contributed by atoms with E-state index >= 15 is 0 Å². The van der Waals surface area contributed by atoms with Crippen LogP contribution in [-0.4, -0.2) is 34.2 Å². The molecule has 0 aliphatic heterocycles. The van der Waals surface area contributed by atoms with Crippen molar-refractivity contribution in [2.45, 2.75) is 38.6 Å². The maximum absolute atomic E-state index is 12.3. The lowest BCUT2D eigenvalue weighted by atomic mass is 10.1. The number of pyridine rings is 1. The number of aromatic nitrogens is 2. The molecule has 3 rings (SSSR count). The van der Waals surface area contributed by atoms with E-state index in [4.69, 9.17) is 9.72 Å². The minimum Gasteiger partial charge on any atom is -0.466 e. The van der Waals surface area contributed by atoms with Gasteiger partial charge >= 0.3 is 5.97 Å². The zero-order valence-electron chi connectivity index (χ0n) is 16.7. The summed E-state index contributed by atoms with van der Waals surface area (Å²) in [5, 5.41) is 7.01. The van der Waals surface area contributed by atoms with Crippen molar-refractivity contribution in [3.8, 4) is 0 Å². The molecule has 2 aromatic heterocycles. The highest BCUT2D eigenvalue weighted by molar-refractivity contribution is 8.00. The molecule has 1 aromatic carbocycles. The van der Waals surface area contributed by atoms with Crippen molar-refractivity contribution in [3.63, 3.8) is 0 Å². The Hall–Kier alpha value is -2.45. The first-order valence-corrected chi connectivity index (χ1v) is 11.3. The molecule has 29 heavy (non-hydrogen) atoms. The third kappa shape index (κ3) is 5.77. The van der Waals surface area contributed by atoms with E-state index in [1.54, 1.807) is 12.3 Å². The molecule has 152 valence electrons. The van der Waals surface area contributed by atoms with Gasteiger partial charge in [-0.3, -0.25) is 9.59 Å². The van der Waals surface area contributed by atoms with Gasteiger partial charge in [0.15, 0.2) is 5.13 Å². The molecular weight excluding hydrogens is 406 g/mol. The summed E-state index contributed by atoms with van der Waals surface area (Å²) in [5.74, 6) is -0.236. The molecule has 0 unspecified atom stereocenters. The predicted octanol–water partition coefficient (Wildman–Crippen LogP) is 4.40. The Morgan fingerprint density at radius 2 is 2.03 bits per heavy atom. The Kier molecular flexibility index (Phi) is 7.22. The molecule has 0 aliphatic carbocycles. The molecule has 6 nitrogen and oxygen atoms in total. The van der Waals surface area contributed by atoms with Crippen LogP contribution in [0.4, 0.5) is 5.13 Å². The molecule has 0 atom stereocenters. The average Bonchev–Trinajstić information content (AvgIpc) is 3.12. The largest absolute Gasteiger partial charge is 0.466 e. The Bertz CT molecular complexity index is 1030. The number of carbonyl (C=O) groups is 2. The normalized spacial score (nSPS) is 10.9. The molecule has 0 spiro atoms. The molecule has 0 radical (unpaired) electrons. The number of fused-ring (bicyclic) bond motifs is 1. The molecule has 1 N–H and O–H groups in total. The van der Waals surface area contributed by atoms with Crippen LogP contribution in [-0.2, 0) is 27.2 Å². The molecule has 0 saturated carbocycles. The first kappa shape index (κ1) is 21.3. The van der Waals surface area contributed by atoms with Crippen LogP contribution in [0.2, 0.25) is 0 Å². The number of hydrogen-bond donors (Lipinski definition) is 1. The average molecular weight is 430 g/mol. The van der Waals surface area contributed by atoms with Gasteiger partial charge in [-0.2, -0.15) is 0 Å². The Labute approximate surface area is 178 Å². The molecular formula is C21H23N3O3S2. The van der Waals surface area contributed by atoms with Crippen LogP contribution in [0.15, 0.2) is 34.7 Å². The summed E-state index contributed by atoms with van der Waals surface area (Å²) in [5.41, 5.74) is 3.86. The first-order valence-electron chi connectivity index (χ1n) is 9.41. The number of anilines is 1.